The van der Waals surface area contributed by atoms with E-state index in [-0.39, 0.29) is 42.3 Å². The molecule has 0 radical (unpaired) electrons. The smallest absolute Gasteiger partial charge is 0.243 e. The maximum absolute atomic E-state index is 13.2. The first-order valence-corrected chi connectivity index (χ1v) is 10.4. The van der Waals surface area contributed by atoms with Gasteiger partial charge in [0.1, 0.15) is 0 Å². The Labute approximate surface area is 175 Å². The van der Waals surface area contributed by atoms with Crippen LogP contribution < -0.4 is 5.32 Å². The van der Waals surface area contributed by atoms with Crippen LogP contribution in [0.3, 0.4) is 0 Å². The second-order valence-electron chi connectivity index (χ2n) is 7.97. The molecule has 8 heteroatoms. The minimum Gasteiger partial charge on any atom is -0.352 e. The van der Waals surface area contributed by atoms with E-state index in [0.717, 1.165) is 17.7 Å². The van der Waals surface area contributed by atoms with Gasteiger partial charge < -0.3 is 15.1 Å². The fraction of sp³-hybridized carbons (Fsp3) is 0.455. The first-order valence-electron chi connectivity index (χ1n) is 10.4. The Kier molecular flexibility index (Phi) is 5.57. The lowest BCUT2D eigenvalue weighted by Gasteiger charge is -2.39. The summed E-state index contributed by atoms with van der Waals surface area (Å²) in [5.74, 6) is -0.658. The molecular weight excluding hydrogens is 382 g/mol. The number of carbonyl (C=O) groups excluding carboxylic acids is 3. The van der Waals surface area contributed by atoms with Gasteiger partial charge in [0, 0.05) is 38.3 Å². The normalized spacial score (nSPS) is 23.4. The van der Waals surface area contributed by atoms with Crippen molar-refractivity contribution in [3.05, 3.63) is 53.9 Å². The molecule has 2 aliphatic rings. The van der Waals surface area contributed by atoms with Gasteiger partial charge in [0.25, 0.3) is 0 Å². The summed E-state index contributed by atoms with van der Waals surface area (Å²) < 4.78 is 1.82. The van der Waals surface area contributed by atoms with E-state index in [1.165, 1.54) is 6.92 Å². The van der Waals surface area contributed by atoms with E-state index in [1.807, 2.05) is 53.0 Å². The van der Waals surface area contributed by atoms with Crippen molar-refractivity contribution in [3.8, 4) is 0 Å². The lowest BCUT2D eigenvalue weighted by molar-refractivity contribution is -0.148. The number of amides is 3. The summed E-state index contributed by atoms with van der Waals surface area (Å²) in [4.78, 5) is 41.4. The van der Waals surface area contributed by atoms with Crippen molar-refractivity contribution in [2.24, 2.45) is 5.92 Å². The lowest BCUT2D eigenvalue weighted by Crippen LogP contribution is -2.55. The van der Waals surface area contributed by atoms with Crippen molar-refractivity contribution in [1.29, 1.82) is 0 Å². The van der Waals surface area contributed by atoms with E-state index in [2.05, 4.69) is 10.4 Å². The number of aryl methyl sites for hydroxylation is 1. The molecule has 8 nitrogen and oxygen atoms in total. The molecule has 2 fully saturated rings. The van der Waals surface area contributed by atoms with Crippen LogP contribution in [-0.2, 0) is 27.5 Å². The van der Waals surface area contributed by atoms with E-state index in [0.29, 0.717) is 19.5 Å². The van der Waals surface area contributed by atoms with Crippen molar-refractivity contribution in [1.82, 2.24) is 24.9 Å². The molecule has 1 aromatic carbocycles. The Morgan fingerprint density at radius 3 is 2.67 bits per heavy atom. The van der Waals surface area contributed by atoms with Crippen molar-refractivity contribution in [3.63, 3.8) is 0 Å². The molecule has 30 heavy (non-hydrogen) atoms. The number of aromatic nitrogens is 2. The molecule has 0 spiro atoms. The second-order valence-corrected chi connectivity index (χ2v) is 7.97. The van der Waals surface area contributed by atoms with E-state index in [9.17, 15) is 14.4 Å². The number of fused-ring (bicyclic) bond motifs is 1. The Bertz CT molecular complexity index is 941. The zero-order valence-corrected chi connectivity index (χ0v) is 17.3. The van der Waals surface area contributed by atoms with Gasteiger partial charge in [-0.25, -0.2) is 0 Å². The molecule has 0 saturated carbocycles. The van der Waals surface area contributed by atoms with E-state index in [4.69, 9.17) is 0 Å². The third-order valence-corrected chi connectivity index (χ3v) is 6.05. The standard InChI is InChI=1S/C22H27N5O3/c1-3-26-12-16(11-24-26)10-23-22(30)19-9-18-13-25(15(2)28)14-20(29)27(18)21(19)17-7-5-4-6-8-17/h4-8,11-12,18-19,21H,3,9-10,13-14H2,1-2H3,(H,23,30)/t18-,19-,21-/m0/s1. The Morgan fingerprint density at radius 1 is 1.23 bits per heavy atom. The second kappa shape index (κ2) is 8.30. The maximum atomic E-state index is 13.2. The van der Waals surface area contributed by atoms with Gasteiger partial charge in [-0.1, -0.05) is 30.3 Å². The minimum absolute atomic E-state index is 0.0692. The van der Waals surface area contributed by atoms with Crippen LogP contribution in [0.25, 0.3) is 0 Å². The Morgan fingerprint density at radius 2 is 2.00 bits per heavy atom. The highest BCUT2D eigenvalue weighted by molar-refractivity contribution is 5.88. The number of carbonyl (C=O) groups is 3. The molecule has 4 rings (SSSR count). The average molecular weight is 409 g/mol. The van der Waals surface area contributed by atoms with E-state index in [1.54, 1.807) is 11.1 Å². The number of nitrogens with one attached hydrogen (secondary N) is 1. The first-order chi connectivity index (χ1) is 14.5. The highest BCUT2D eigenvalue weighted by Crippen LogP contribution is 2.43. The maximum Gasteiger partial charge on any atom is 0.243 e. The average Bonchev–Trinajstić information content (AvgIpc) is 3.37. The summed E-state index contributed by atoms with van der Waals surface area (Å²) in [5.41, 5.74) is 1.89. The Balaban J connectivity index is 1.56. The molecule has 0 aliphatic carbocycles. The van der Waals surface area contributed by atoms with Crippen molar-refractivity contribution in [2.75, 3.05) is 13.1 Å². The summed E-state index contributed by atoms with van der Waals surface area (Å²) in [5, 5.41) is 7.27. The van der Waals surface area contributed by atoms with Gasteiger partial charge >= 0.3 is 0 Å². The van der Waals surface area contributed by atoms with Gasteiger partial charge in [0.2, 0.25) is 17.7 Å². The van der Waals surface area contributed by atoms with Crippen LogP contribution >= 0.6 is 0 Å². The molecule has 3 amide bonds. The fourth-order valence-corrected chi connectivity index (χ4v) is 4.57. The van der Waals surface area contributed by atoms with Gasteiger partial charge in [-0.2, -0.15) is 5.10 Å². The molecule has 0 unspecified atom stereocenters. The van der Waals surface area contributed by atoms with E-state index < -0.39 is 0 Å². The fourth-order valence-electron chi connectivity index (χ4n) is 4.57. The SMILES string of the molecule is CCn1cc(CNC(=O)[C@H]2C[C@H]3CN(C(C)=O)CC(=O)N3[C@H]2c2ccccc2)cn1. The molecule has 1 N–H and O–H groups in total. The van der Waals surface area contributed by atoms with Crippen LogP contribution in [0.2, 0.25) is 0 Å². The van der Waals surface area contributed by atoms with Gasteiger partial charge in [-0.05, 0) is 18.9 Å². The van der Waals surface area contributed by atoms with Gasteiger partial charge in [-0.3, -0.25) is 19.1 Å². The van der Waals surface area contributed by atoms with Crippen molar-refractivity contribution >= 4 is 17.7 Å². The van der Waals surface area contributed by atoms with Crippen molar-refractivity contribution < 1.29 is 14.4 Å². The highest BCUT2D eigenvalue weighted by atomic mass is 16.2. The van der Waals surface area contributed by atoms with Crippen LogP contribution in [0.15, 0.2) is 42.7 Å². The van der Waals surface area contributed by atoms with Crippen molar-refractivity contribution in [2.45, 2.75) is 45.4 Å². The molecule has 1 aromatic heterocycles. The number of hydrogen-bond acceptors (Lipinski definition) is 4. The molecule has 2 saturated heterocycles. The Hall–Kier alpha value is -3.16. The number of hydrogen-bond donors (Lipinski definition) is 1. The lowest BCUT2D eigenvalue weighted by atomic mass is 9.92. The predicted molar refractivity (Wildman–Crippen MR) is 110 cm³/mol. The summed E-state index contributed by atoms with van der Waals surface area (Å²) in [6, 6.07) is 9.22. The molecule has 2 aromatic rings. The molecular formula is C22H27N5O3. The highest BCUT2D eigenvalue weighted by Gasteiger charge is 2.50. The monoisotopic (exact) mass is 409 g/mol. The molecule has 158 valence electrons. The number of benzene rings is 1. The van der Waals surface area contributed by atoms with Crippen LogP contribution in [0.5, 0.6) is 0 Å². The largest absolute Gasteiger partial charge is 0.352 e. The van der Waals surface area contributed by atoms with Crippen LogP contribution in [0, 0.1) is 5.92 Å². The minimum atomic E-state index is -0.366. The summed E-state index contributed by atoms with van der Waals surface area (Å²) in [6.07, 6.45) is 4.21. The predicted octanol–water partition coefficient (Wildman–Crippen LogP) is 1.34. The third-order valence-electron chi connectivity index (χ3n) is 6.05. The zero-order chi connectivity index (χ0) is 21.3. The molecule has 2 aliphatic heterocycles. The quantitative estimate of drug-likeness (QED) is 0.807. The summed E-state index contributed by atoms with van der Waals surface area (Å²) in [6.45, 7) is 5.20. The third kappa shape index (κ3) is 3.81. The first kappa shape index (κ1) is 20.1. The molecule has 0 bridgehead atoms. The topological polar surface area (TPSA) is 87.5 Å². The summed E-state index contributed by atoms with van der Waals surface area (Å²) in [7, 11) is 0. The number of piperazine rings is 1. The van der Waals surface area contributed by atoms with Crippen LogP contribution in [0.1, 0.15) is 37.4 Å². The molecule has 3 heterocycles. The number of rotatable bonds is 5. The van der Waals surface area contributed by atoms with Gasteiger partial charge in [-0.15, -0.1) is 0 Å². The van der Waals surface area contributed by atoms with E-state index >= 15 is 0 Å². The van der Waals surface area contributed by atoms with Crippen LogP contribution in [0.4, 0.5) is 0 Å². The van der Waals surface area contributed by atoms with Crippen LogP contribution in [-0.4, -0.2) is 56.4 Å². The molecule has 3 atom stereocenters. The van der Waals surface area contributed by atoms with Gasteiger partial charge in [0.15, 0.2) is 0 Å². The zero-order valence-electron chi connectivity index (χ0n) is 17.3. The van der Waals surface area contributed by atoms with Gasteiger partial charge in [0.05, 0.1) is 30.7 Å². The summed E-state index contributed by atoms with van der Waals surface area (Å²) >= 11 is 0. The number of nitrogens with zero attached hydrogens (tertiary/aromatic N) is 4.